The van der Waals surface area contributed by atoms with Crippen LogP contribution in [0.2, 0.25) is 0 Å². The van der Waals surface area contributed by atoms with Crippen LogP contribution in [0.4, 0.5) is 38.0 Å². The van der Waals surface area contributed by atoms with E-state index in [1.165, 1.54) is 4.90 Å². The zero-order chi connectivity index (χ0) is 28.3. The molecule has 4 rings (SSSR count). The van der Waals surface area contributed by atoms with Gasteiger partial charge >= 0.3 is 6.09 Å². The lowest BCUT2D eigenvalue weighted by Crippen LogP contribution is -2.38. The third-order valence-corrected chi connectivity index (χ3v) is 7.32. The molecule has 3 aromatic rings. The zero-order valence-electron chi connectivity index (χ0n) is 22.1. The quantitative estimate of drug-likeness (QED) is 0.291. The molecule has 2 aromatic carbocycles. The van der Waals surface area contributed by atoms with Crippen LogP contribution in [-0.4, -0.2) is 37.1 Å². The Hall–Kier alpha value is -4.19. The Labute approximate surface area is 227 Å². The van der Waals surface area contributed by atoms with Crippen molar-refractivity contribution in [1.29, 1.82) is 0 Å². The van der Waals surface area contributed by atoms with Crippen LogP contribution in [0, 0.1) is 18.7 Å². The Kier molecular flexibility index (Phi) is 8.05. The molecule has 1 aromatic heterocycles. The minimum Gasteiger partial charge on any atom is -0.447 e. The minimum atomic E-state index is -3.58. The molecule has 0 unspecified atom stereocenters. The Morgan fingerprint density at radius 1 is 1.15 bits per heavy atom. The van der Waals surface area contributed by atoms with E-state index in [0.29, 0.717) is 5.69 Å². The molecular weight excluding hydrogens is 523 g/mol. The molecule has 0 bridgehead atoms. The highest BCUT2D eigenvalue weighted by Crippen LogP contribution is 2.29. The number of hydrogen-bond donors (Lipinski definition) is 3. The van der Waals surface area contributed by atoms with Crippen LogP contribution >= 0.6 is 0 Å². The number of nitrogens with zero attached hydrogens (tertiary/aromatic N) is 3. The van der Waals surface area contributed by atoms with Crippen molar-refractivity contribution in [2.75, 3.05) is 26.9 Å². The smallest absolute Gasteiger partial charge is 0.416 e. The van der Waals surface area contributed by atoms with Gasteiger partial charge in [0.1, 0.15) is 6.61 Å². The maximum absolute atomic E-state index is 14.6. The molecule has 0 spiro atoms. The lowest BCUT2D eigenvalue weighted by atomic mass is 10.0. The van der Waals surface area contributed by atoms with Gasteiger partial charge in [-0.25, -0.2) is 22.6 Å². The first-order chi connectivity index (χ1) is 18.5. The molecule has 0 saturated carbocycles. The fourth-order valence-electron chi connectivity index (χ4n) is 4.12. The molecule has 0 aliphatic carbocycles. The normalized spacial score (nSPS) is 16.1. The van der Waals surface area contributed by atoms with Gasteiger partial charge in [0, 0.05) is 16.8 Å². The number of carbonyl (C=O) groups is 1. The van der Waals surface area contributed by atoms with Crippen molar-refractivity contribution in [3.05, 3.63) is 77.6 Å². The summed E-state index contributed by atoms with van der Waals surface area (Å²) in [6.45, 7) is 11.1. The summed E-state index contributed by atoms with van der Waals surface area (Å²) < 4.78 is 45.7. The van der Waals surface area contributed by atoms with E-state index in [0.717, 1.165) is 34.1 Å². The Balaban J connectivity index is 1.44. The van der Waals surface area contributed by atoms with Crippen LogP contribution in [0.5, 0.6) is 0 Å². The summed E-state index contributed by atoms with van der Waals surface area (Å²) in [5.74, 6) is -0.570. The van der Waals surface area contributed by atoms with Crippen LogP contribution < -0.4 is 20.3 Å². The van der Waals surface area contributed by atoms with Gasteiger partial charge in [-0.05, 0) is 61.2 Å². The summed E-state index contributed by atoms with van der Waals surface area (Å²) in [7, 11) is -3.58. The molecular formula is C27H31FN6O4S. The number of anilines is 5. The summed E-state index contributed by atoms with van der Waals surface area (Å²) >= 11 is 0. The lowest BCUT2D eigenvalue weighted by Gasteiger charge is -2.24. The average molecular weight is 555 g/mol. The van der Waals surface area contributed by atoms with Crippen LogP contribution in [0.1, 0.15) is 37.9 Å². The Morgan fingerprint density at radius 3 is 2.49 bits per heavy atom. The minimum absolute atomic E-state index is 0.0557. The second kappa shape index (κ2) is 11.3. The second-order valence-corrected chi connectivity index (χ2v) is 11.2. The van der Waals surface area contributed by atoms with Crippen molar-refractivity contribution in [2.45, 2.75) is 39.8 Å². The van der Waals surface area contributed by atoms with E-state index in [1.54, 1.807) is 19.1 Å². The van der Waals surface area contributed by atoms with E-state index in [1.807, 2.05) is 51.1 Å². The van der Waals surface area contributed by atoms with Crippen molar-refractivity contribution < 1.29 is 22.3 Å². The molecule has 2 atom stereocenters. The highest BCUT2D eigenvalue weighted by atomic mass is 32.2. The Bertz CT molecular complexity index is 1480. The van der Waals surface area contributed by atoms with Gasteiger partial charge < -0.3 is 15.4 Å². The third kappa shape index (κ3) is 6.45. The van der Waals surface area contributed by atoms with E-state index in [-0.39, 0.29) is 36.4 Å². The summed E-state index contributed by atoms with van der Waals surface area (Å²) in [5.41, 5.74) is 3.78. The zero-order valence-corrected chi connectivity index (χ0v) is 22.9. The highest BCUT2D eigenvalue weighted by Gasteiger charge is 2.38. The van der Waals surface area contributed by atoms with E-state index < -0.39 is 21.9 Å². The molecule has 1 fully saturated rings. The highest BCUT2D eigenvalue weighted by molar-refractivity contribution is 7.95. The summed E-state index contributed by atoms with van der Waals surface area (Å²) in [4.78, 5) is 21.9. The number of rotatable bonds is 10. The molecule has 1 amide bonds. The van der Waals surface area contributed by atoms with E-state index in [4.69, 9.17) is 4.74 Å². The summed E-state index contributed by atoms with van der Waals surface area (Å²) in [6, 6.07) is 12.4. The van der Waals surface area contributed by atoms with Gasteiger partial charge in [-0.2, -0.15) is 4.98 Å². The van der Waals surface area contributed by atoms with Gasteiger partial charge in [-0.15, -0.1) is 0 Å². The van der Waals surface area contributed by atoms with Crippen LogP contribution in [0.15, 0.2) is 60.6 Å². The van der Waals surface area contributed by atoms with Crippen LogP contribution in [-0.2, 0) is 14.8 Å². The van der Waals surface area contributed by atoms with Crippen molar-refractivity contribution in [2.24, 2.45) is 5.92 Å². The average Bonchev–Trinajstić information content (AvgIpc) is 3.28. The predicted molar refractivity (Wildman–Crippen MR) is 150 cm³/mol. The topological polar surface area (TPSA) is 126 Å². The molecule has 0 radical (unpaired) electrons. The Morgan fingerprint density at radius 2 is 1.85 bits per heavy atom. The first-order valence-corrected chi connectivity index (χ1v) is 13.9. The molecule has 10 nitrogen and oxygen atoms in total. The number of amides is 1. The van der Waals surface area contributed by atoms with E-state index in [9.17, 15) is 17.6 Å². The summed E-state index contributed by atoms with van der Waals surface area (Å²) in [6.07, 6.45) is 0.416. The van der Waals surface area contributed by atoms with Gasteiger partial charge in [-0.1, -0.05) is 32.6 Å². The van der Waals surface area contributed by atoms with Crippen molar-refractivity contribution >= 4 is 44.9 Å². The van der Waals surface area contributed by atoms with Gasteiger partial charge in [0.25, 0.3) is 10.0 Å². The molecule has 39 heavy (non-hydrogen) atoms. The number of benzene rings is 2. The number of aromatic nitrogens is 2. The fraction of sp³-hybridized carbons (Fsp3) is 0.296. The van der Waals surface area contributed by atoms with Crippen molar-refractivity contribution in [3.63, 3.8) is 0 Å². The largest absolute Gasteiger partial charge is 0.447 e. The molecule has 1 saturated heterocycles. The van der Waals surface area contributed by atoms with Gasteiger partial charge in [0.05, 0.1) is 24.0 Å². The maximum atomic E-state index is 14.6. The van der Waals surface area contributed by atoms with Gasteiger partial charge in [0.15, 0.2) is 11.6 Å². The molecule has 3 N–H and O–H groups in total. The van der Waals surface area contributed by atoms with Crippen LogP contribution in [0.25, 0.3) is 0 Å². The molecule has 1 aliphatic heterocycles. The maximum Gasteiger partial charge on any atom is 0.416 e. The predicted octanol–water partition coefficient (Wildman–Crippen LogP) is 5.71. The van der Waals surface area contributed by atoms with Crippen molar-refractivity contribution in [1.82, 2.24) is 9.97 Å². The SMILES string of the molecule is C=CS(=O)(=O)Nc1ccc(Nc2ccc([C@H](C)Nc3ncc(F)c(N4C(=O)OC[C@@H]4C(C)C)n3)cc2)cc1C. The van der Waals surface area contributed by atoms with E-state index in [2.05, 4.69) is 31.9 Å². The lowest BCUT2D eigenvalue weighted by molar-refractivity contribution is 0.177. The van der Waals surface area contributed by atoms with Crippen molar-refractivity contribution in [3.8, 4) is 0 Å². The number of nitrogens with one attached hydrogen (secondary N) is 3. The van der Waals surface area contributed by atoms with Gasteiger partial charge in [-0.3, -0.25) is 9.62 Å². The standard InChI is InChI=1S/C27H31FN6O4S/c1-6-39(36,37)33-23-12-11-21(13-17(23)4)31-20-9-7-19(8-10-20)18(5)30-26-29-14-22(28)25(32-26)34-24(16(2)3)15-38-27(34)35/h6-14,16,18,24,31,33H,1,15H2,2-5H3,(H,29,30,32)/t18-,24+/m0/s1. The number of hydrogen-bond acceptors (Lipinski definition) is 8. The molecule has 206 valence electrons. The number of aryl methyl sites for hydroxylation is 1. The number of halogens is 1. The van der Waals surface area contributed by atoms with E-state index >= 15 is 0 Å². The monoisotopic (exact) mass is 554 g/mol. The van der Waals surface area contributed by atoms with Gasteiger partial charge in [0.2, 0.25) is 5.95 Å². The first kappa shape index (κ1) is 27.8. The first-order valence-electron chi connectivity index (χ1n) is 12.4. The second-order valence-electron chi connectivity index (χ2n) is 9.58. The third-order valence-electron chi connectivity index (χ3n) is 6.37. The molecule has 12 heteroatoms. The molecule has 1 aliphatic rings. The fourth-order valence-corrected chi connectivity index (χ4v) is 4.74. The number of ether oxygens (including phenoxy) is 1. The van der Waals surface area contributed by atoms with Crippen LogP contribution in [0.3, 0.4) is 0 Å². The molecule has 2 heterocycles. The summed E-state index contributed by atoms with van der Waals surface area (Å²) in [5, 5.41) is 7.32. The number of carbonyl (C=O) groups excluding carboxylic acids is 1. The number of cyclic esters (lactones) is 1. The number of sulfonamides is 1.